The highest BCUT2D eigenvalue weighted by Crippen LogP contribution is 2.43. The van der Waals surface area contributed by atoms with Crippen LogP contribution in [0.5, 0.6) is 17.2 Å². The number of halogens is 1. The van der Waals surface area contributed by atoms with Crippen LogP contribution in [0.15, 0.2) is 36.4 Å². The summed E-state index contributed by atoms with van der Waals surface area (Å²) in [5.74, 6) is 0.913. The highest BCUT2D eigenvalue weighted by molar-refractivity contribution is 6.30. The number of likely N-dealkylation sites (tertiary alicyclic amines) is 1. The van der Waals surface area contributed by atoms with E-state index in [1.807, 2.05) is 26.0 Å². The molecule has 8 heteroatoms. The Balaban J connectivity index is 1.97. The van der Waals surface area contributed by atoms with E-state index in [9.17, 15) is 9.59 Å². The molecular formula is C25H31ClN2O5. The molecule has 0 saturated carbocycles. The van der Waals surface area contributed by atoms with Crippen LogP contribution in [-0.2, 0) is 4.79 Å². The average molecular weight is 475 g/mol. The fourth-order valence-corrected chi connectivity index (χ4v) is 4.32. The maximum atomic E-state index is 13.2. The van der Waals surface area contributed by atoms with E-state index < -0.39 is 5.92 Å². The first-order chi connectivity index (χ1) is 15.8. The van der Waals surface area contributed by atoms with Gasteiger partial charge in [0, 0.05) is 36.1 Å². The molecule has 2 aromatic rings. The van der Waals surface area contributed by atoms with Crippen molar-refractivity contribution >= 4 is 23.4 Å². The van der Waals surface area contributed by atoms with Gasteiger partial charge in [0.05, 0.1) is 27.2 Å². The number of carbonyl (C=O) groups excluding carboxylic acids is 2. The number of rotatable bonds is 8. The highest BCUT2D eigenvalue weighted by Gasteiger charge is 2.41. The minimum absolute atomic E-state index is 0.0798. The van der Waals surface area contributed by atoms with Crippen molar-refractivity contribution in [1.82, 2.24) is 10.2 Å². The molecule has 2 amide bonds. The third kappa shape index (κ3) is 5.53. The third-order valence-electron chi connectivity index (χ3n) is 5.82. The number of nitrogens with one attached hydrogen (secondary N) is 1. The number of amides is 2. The molecule has 33 heavy (non-hydrogen) atoms. The molecule has 178 valence electrons. The summed E-state index contributed by atoms with van der Waals surface area (Å²) < 4.78 is 16.5. The lowest BCUT2D eigenvalue weighted by atomic mass is 9.87. The van der Waals surface area contributed by atoms with Crippen molar-refractivity contribution in [1.29, 1.82) is 0 Å². The Morgan fingerprint density at radius 2 is 1.73 bits per heavy atom. The summed E-state index contributed by atoms with van der Waals surface area (Å²) in [6.45, 7) is 5.33. The Bertz CT molecular complexity index is 985. The molecule has 0 unspecified atom stereocenters. The topological polar surface area (TPSA) is 77.1 Å². The first kappa shape index (κ1) is 24.7. The molecule has 1 saturated heterocycles. The predicted octanol–water partition coefficient (Wildman–Crippen LogP) is 3.99. The lowest BCUT2D eigenvalue weighted by Gasteiger charge is -2.21. The number of hydrogen-bond acceptors (Lipinski definition) is 5. The van der Waals surface area contributed by atoms with Gasteiger partial charge in [-0.3, -0.25) is 9.59 Å². The molecule has 1 aliphatic heterocycles. The van der Waals surface area contributed by atoms with Crippen LogP contribution in [0.25, 0.3) is 0 Å². The molecule has 0 spiro atoms. The van der Waals surface area contributed by atoms with Crippen molar-refractivity contribution in [3.8, 4) is 17.2 Å². The van der Waals surface area contributed by atoms with E-state index in [0.29, 0.717) is 53.4 Å². The molecule has 7 nitrogen and oxygen atoms in total. The first-order valence-electron chi connectivity index (χ1n) is 10.9. The van der Waals surface area contributed by atoms with Crippen molar-refractivity contribution in [2.24, 2.45) is 11.8 Å². The van der Waals surface area contributed by atoms with E-state index in [2.05, 4.69) is 5.32 Å². The van der Waals surface area contributed by atoms with Crippen LogP contribution in [0.1, 0.15) is 35.7 Å². The molecule has 0 radical (unpaired) electrons. The quantitative estimate of drug-likeness (QED) is 0.626. The summed E-state index contributed by atoms with van der Waals surface area (Å²) in [5.41, 5.74) is 1.34. The number of carbonyl (C=O) groups is 2. The van der Waals surface area contributed by atoms with Gasteiger partial charge in [0.2, 0.25) is 11.7 Å². The van der Waals surface area contributed by atoms with Crippen LogP contribution in [0.2, 0.25) is 5.02 Å². The van der Waals surface area contributed by atoms with Gasteiger partial charge in [-0.25, -0.2) is 0 Å². The number of hydrogen-bond donors (Lipinski definition) is 1. The van der Waals surface area contributed by atoms with Crippen molar-refractivity contribution in [3.63, 3.8) is 0 Å². The third-order valence-corrected chi connectivity index (χ3v) is 6.05. The number of ether oxygens (including phenoxy) is 3. The van der Waals surface area contributed by atoms with E-state index in [0.717, 1.165) is 5.56 Å². The molecular weight excluding hydrogens is 444 g/mol. The maximum Gasteiger partial charge on any atom is 0.253 e. The summed E-state index contributed by atoms with van der Waals surface area (Å²) in [6, 6.07) is 10.5. The fraction of sp³-hybridized carbons (Fsp3) is 0.440. The van der Waals surface area contributed by atoms with Crippen LogP contribution < -0.4 is 19.5 Å². The fourth-order valence-electron chi connectivity index (χ4n) is 4.13. The molecule has 1 heterocycles. The summed E-state index contributed by atoms with van der Waals surface area (Å²) in [6.07, 6.45) is 0. The SMILES string of the molecule is COc1cc([C@H]2CN(C(=O)c3cccc(Cl)c3)C[C@@H]2C(=O)NCC(C)C)cc(OC)c1OC. The highest BCUT2D eigenvalue weighted by atomic mass is 35.5. The van der Waals surface area contributed by atoms with Gasteiger partial charge in [0.25, 0.3) is 5.91 Å². The smallest absolute Gasteiger partial charge is 0.253 e. The van der Waals surface area contributed by atoms with Gasteiger partial charge < -0.3 is 24.4 Å². The van der Waals surface area contributed by atoms with Crippen molar-refractivity contribution in [3.05, 3.63) is 52.5 Å². The molecule has 1 aliphatic rings. The molecule has 1 fully saturated rings. The normalized spacial score (nSPS) is 17.7. The van der Waals surface area contributed by atoms with Crippen LogP contribution in [0.4, 0.5) is 0 Å². The second-order valence-corrected chi connectivity index (χ2v) is 8.97. The van der Waals surface area contributed by atoms with Crippen molar-refractivity contribution in [2.45, 2.75) is 19.8 Å². The number of benzene rings is 2. The molecule has 0 aliphatic carbocycles. The maximum absolute atomic E-state index is 13.2. The minimum Gasteiger partial charge on any atom is -0.493 e. The Morgan fingerprint density at radius 1 is 1.06 bits per heavy atom. The lowest BCUT2D eigenvalue weighted by Crippen LogP contribution is -2.37. The average Bonchev–Trinajstić information content (AvgIpc) is 3.26. The zero-order valence-corrected chi connectivity index (χ0v) is 20.4. The van der Waals surface area contributed by atoms with Gasteiger partial charge in [-0.1, -0.05) is 31.5 Å². The van der Waals surface area contributed by atoms with Crippen LogP contribution >= 0.6 is 11.6 Å². The predicted molar refractivity (Wildman–Crippen MR) is 128 cm³/mol. The standard InChI is InChI=1S/C25H31ClN2O5/c1-15(2)12-27-24(29)20-14-28(25(30)16-7-6-8-18(26)9-16)13-19(20)17-10-21(31-3)23(33-5)22(11-17)32-4/h6-11,15,19-20H,12-14H2,1-5H3,(H,27,29)/t19-,20+/m1/s1. The molecule has 2 aromatic carbocycles. The summed E-state index contributed by atoms with van der Waals surface area (Å²) in [7, 11) is 4.65. The van der Waals surface area contributed by atoms with E-state index in [4.69, 9.17) is 25.8 Å². The van der Waals surface area contributed by atoms with Gasteiger partial charge in [0.15, 0.2) is 11.5 Å². The van der Waals surface area contributed by atoms with E-state index in [1.165, 1.54) is 0 Å². The van der Waals surface area contributed by atoms with Gasteiger partial charge >= 0.3 is 0 Å². The monoisotopic (exact) mass is 474 g/mol. The first-order valence-corrected chi connectivity index (χ1v) is 11.3. The van der Waals surface area contributed by atoms with E-state index in [-0.39, 0.29) is 17.7 Å². The summed E-state index contributed by atoms with van der Waals surface area (Å²) in [4.78, 5) is 28.1. The van der Waals surface area contributed by atoms with E-state index >= 15 is 0 Å². The lowest BCUT2D eigenvalue weighted by molar-refractivity contribution is -0.125. The second-order valence-electron chi connectivity index (χ2n) is 8.53. The summed E-state index contributed by atoms with van der Waals surface area (Å²) >= 11 is 6.09. The van der Waals surface area contributed by atoms with Gasteiger partial charge in [-0.05, 0) is 41.8 Å². The second kappa shape index (κ2) is 10.8. The van der Waals surface area contributed by atoms with Gasteiger partial charge in [0.1, 0.15) is 0 Å². The number of nitrogens with zero attached hydrogens (tertiary/aromatic N) is 1. The van der Waals surface area contributed by atoms with Crippen LogP contribution in [-0.4, -0.2) is 57.7 Å². The van der Waals surface area contributed by atoms with E-state index in [1.54, 1.807) is 50.5 Å². The zero-order chi connectivity index (χ0) is 24.1. The Kier molecular flexibility index (Phi) is 8.08. The van der Waals surface area contributed by atoms with Crippen molar-refractivity contribution in [2.75, 3.05) is 41.0 Å². The van der Waals surface area contributed by atoms with Crippen molar-refractivity contribution < 1.29 is 23.8 Å². The molecule has 0 aromatic heterocycles. The van der Waals surface area contributed by atoms with Gasteiger partial charge in [-0.2, -0.15) is 0 Å². The molecule has 1 N–H and O–H groups in total. The Labute approximate surface area is 200 Å². The Hall–Kier alpha value is -2.93. The largest absolute Gasteiger partial charge is 0.493 e. The summed E-state index contributed by atoms with van der Waals surface area (Å²) in [5, 5.41) is 3.52. The van der Waals surface area contributed by atoms with Crippen LogP contribution in [0, 0.1) is 11.8 Å². The Morgan fingerprint density at radius 3 is 2.27 bits per heavy atom. The van der Waals surface area contributed by atoms with Gasteiger partial charge in [-0.15, -0.1) is 0 Å². The minimum atomic E-state index is -0.422. The molecule has 3 rings (SSSR count). The number of methoxy groups -OCH3 is 3. The van der Waals surface area contributed by atoms with Crippen LogP contribution in [0.3, 0.4) is 0 Å². The molecule has 0 bridgehead atoms. The zero-order valence-electron chi connectivity index (χ0n) is 19.7. The molecule has 2 atom stereocenters.